The number of aromatic nitrogens is 3. The third-order valence-corrected chi connectivity index (χ3v) is 4.45. The Hall–Kier alpha value is -2.09. The van der Waals surface area contributed by atoms with Crippen LogP contribution in [0.5, 0.6) is 5.88 Å². The van der Waals surface area contributed by atoms with Crippen LogP contribution in [0.15, 0.2) is 22.9 Å². The van der Waals surface area contributed by atoms with Crippen molar-refractivity contribution in [3.05, 3.63) is 22.9 Å². The van der Waals surface area contributed by atoms with E-state index in [1.165, 1.54) is 19.3 Å². The van der Waals surface area contributed by atoms with E-state index in [-0.39, 0.29) is 0 Å². The summed E-state index contributed by atoms with van der Waals surface area (Å²) in [5.41, 5.74) is 7.25. The van der Waals surface area contributed by atoms with Crippen molar-refractivity contribution in [3.63, 3.8) is 0 Å². The molecule has 1 fully saturated rings. The Morgan fingerprint density at radius 3 is 2.75 bits per heavy atom. The van der Waals surface area contributed by atoms with Crippen LogP contribution >= 0.6 is 15.9 Å². The van der Waals surface area contributed by atoms with Gasteiger partial charge in [0, 0.05) is 16.7 Å². The lowest BCUT2D eigenvalue weighted by molar-refractivity contribution is 0.400. The number of hydrogen-bond donors (Lipinski definition) is 3. The number of ether oxygens (including phenoxy) is 1. The van der Waals surface area contributed by atoms with Crippen LogP contribution in [-0.2, 0) is 0 Å². The quantitative estimate of drug-likeness (QED) is 0.712. The minimum atomic E-state index is 0.422. The molecule has 2 heterocycles. The Bertz CT molecular complexity index is 705. The summed E-state index contributed by atoms with van der Waals surface area (Å²) in [4.78, 5) is 13.0. The van der Waals surface area contributed by atoms with E-state index in [9.17, 15) is 0 Å². The molecule has 0 spiro atoms. The molecular formula is C16H21BrN6O. The molecule has 0 radical (unpaired) electrons. The zero-order chi connectivity index (χ0) is 16.9. The Morgan fingerprint density at radius 1 is 1.21 bits per heavy atom. The molecule has 0 aliphatic heterocycles. The van der Waals surface area contributed by atoms with Crippen LogP contribution in [0.2, 0.25) is 0 Å². The van der Waals surface area contributed by atoms with Gasteiger partial charge in [-0.1, -0.05) is 19.3 Å². The van der Waals surface area contributed by atoms with Crippen molar-refractivity contribution in [1.82, 2.24) is 15.0 Å². The average Bonchev–Trinajstić information content (AvgIpc) is 2.59. The smallest absolute Gasteiger partial charge is 0.237 e. The molecule has 0 saturated heterocycles. The van der Waals surface area contributed by atoms with Crippen LogP contribution in [0.1, 0.15) is 32.1 Å². The minimum absolute atomic E-state index is 0.422. The second kappa shape index (κ2) is 7.65. The van der Waals surface area contributed by atoms with Crippen molar-refractivity contribution < 1.29 is 4.74 Å². The molecule has 7 nitrogen and oxygen atoms in total. The first kappa shape index (κ1) is 16.8. The van der Waals surface area contributed by atoms with Crippen molar-refractivity contribution in [2.45, 2.75) is 38.1 Å². The summed E-state index contributed by atoms with van der Waals surface area (Å²) in [6.07, 6.45) is 9.37. The van der Waals surface area contributed by atoms with Crippen LogP contribution in [-0.4, -0.2) is 28.1 Å². The first-order chi connectivity index (χ1) is 11.7. The number of halogens is 1. The third-order valence-electron chi connectivity index (χ3n) is 4.02. The molecule has 0 atom stereocenters. The van der Waals surface area contributed by atoms with Gasteiger partial charge < -0.3 is 21.1 Å². The molecule has 0 amide bonds. The monoisotopic (exact) mass is 392 g/mol. The standard InChI is InChI=1S/C16H21BrN6O/c1-24-15-13(7-10(17)8-19-15)22-16-20-9-12(18)14(23-16)21-11-5-3-2-4-6-11/h7-9,11H,2-6,18H2,1H3,(H2,20,21,22,23). The van der Waals surface area contributed by atoms with E-state index in [1.807, 2.05) is 6.07 Å². The zero-order valence-electron chi connectivity index (χ0n) is 13.6. The molecule has 0 unspecified atom stereocenters. The van der Waals surface area contributed by atoms with E-state index in [4.69, 9.17) is 10.5 Å². The van der Waals surface area contributed by atoms with Crippen molar-refractivity contribution >= 4 is 39.1 Å². The molecule has 3 rings (SSSR count). The average molecular weight is 393 g/mol. The normalized spacial score (nSPS) is 15.1. The summed E-state index contributed by atoms with van der Waals surface area (Å²) in [6.45, 7) is 0. The van der Waals surface area contributed by atoms with Gasteiger partial charge in [-0.05, 0) is 34.8 Å². The van der Waals surface area contributed by atoms with Gasteiger partial charge in [0.1, 0.15) is 5.69 Å². The van der Waals surface area contributed by atoms with Gasteiger partial charge in [-0.25, -0.2) is 9.97 Å². The molecule has 4 N–H and O–H groups in total. The number of nitrogens with two attached hydrogens (primary N) is 1. The van der Waals surface area contributed by atoms with Gasteiger partial charge in [0.2, 0.25) is 11.8 Å². The predicted molar refractivity (Wildman–Crippen MR) is 98.7 cm³/mol. The van der Waals surface area contributed by atoms with Gasteiger partial charge in [-0.3, -0.25) is 0 Å². The summed E-state index contributed by atoms with van der Waals surface area (Å²) in [5, 5.41) is 6.58. The van der Waals surface area contributed by atoms with E-state index in [0.29, 0.717) is 35.1 Å². The van der Waals surface area contributed by atoms with Gasteiger partial charge in [0.25, 0.3) is 0 Å². The van der Waals surface area contributed by atoms with Crippen molar-refractivity contribution in [2.24, 2.45) is 0 Å². The summed E-state index contributed by atoms with van der Waals surface area (Å²) < 4.78 is 6.09. The lowest BCUT2D eigenvalue weighted by Gasteiger charge is -2.24. The lowest BCUT2D eigenvalue weighted by atomic mass is 9.95. The predicted octanol–water partition coefficient (Wildman–Crippen LogP) is 3.71. The SMILES string of the molecule is COc1ncc(Br)cc1Nc1ncc(N)c(NC2CCCCC2)n1. The fraction of sp³-hybridized carbons (Fsp3) is 0.438. The maximum Gasteiger partial charge on any atom is 0.237 e. The molecule has 2 aromatic heterocycles. The summed E-state index contributed by atoms with van der Waals surface area (Å²) in [6, 6.07) is 2.28. The zero-order valence-corrected chi connectivity index (χ0v) is 15.1. The second-order valence-corrected chi connectivity index (χ2v) is 6.73. The number of rotatable bonds is 5. The van der Waals surface area contributed by atoms with Gasteiger partial charge in [-0.2, -0.15) is 4.98 Å². The largest absolute Gasteiger partial charge is 0.480 e. The van der Waals surface area contributed by atoms with E-state index < -0.39 is 0 Å². The van der Waals surface area contributed by atoms with E-state index in [2.05, 4.69) is 41.5 Å². The fourth-order valence-electron chi connectivity index (χ4n) is 2.81. The molecule has 24 heavy (non-hydrogen) atoms. The lowest BCUT2D eigenvalue weighted by Crippen LogP contribution is -2.23. The molecule has 8 heteroatoms. The highest BCUT2D eigenvalue weighted by Crippen LogP contribution is 2.29. The van der Waals surface area contributed by atoms with Crippen LogP contribution in [0.3, 0.4) is 0 Å². The molecule has 1 aliphatic rings. The third kappa shape index (κ3) is 4.05. The number of nitrogens with zero attached hydrogens (tertiary/aromatic N) is 3. The Kier molecular flexibility index (Phi) is 5.34. The van der Waals surface area contributed by atoms with Gasteiger partial charge in [-0.15, -0.1) is 0 Å². The maximum atomic E-state index is 6.02. The van der Waals surface area contributed by atoms with Gasteiger partial charge in [0.15, 0.2) is 5.82 Å². The molecule has 0 bridgehead atoms. The van der Waals surface area contributed by atoms with Crippen LogP contribution in [0, 0.1) is 0 Å². The summed E-state index contributed by atoms with van der Waals surface area (Å²) in [5.74, 6) is 1.59. The highest BCUT2D eigenvalue weighted by molar-refractivity contribution is 9.10. The minimum Gasteiger partial charge on any atom is -0.480 e. The number of nitrogens with one attached hydrogen (secondary N) is 2. The molecular weight excluding hydrogens is 372 g/mol. The topological polar surface area (TPSA) is 98.0 Å². The highest BCUT2D eigenvalue weighted by Gasteiger charge is 2.16. The molecule has 1 aliphatic carbocycles. The van der Waals surface area contributed by atoms with Gasteiger partial charge in [0.05, 0.1) is 19.0 Å². The summed E-state index contributed by atoms with van der Waals surface area (Å²) in [7, 11) is 1.57. The van der Waals surface area contributed by atoms with Crippen LogP contribution in [0.25, 0.3) is 0 Å². The Labute approximate surface area is 149 Å². The molecule has 128 valence electrons. The Balaban J connectivity index is 1.79. The van der Waals surface area contributed by atoms with Crippen molar-refractivity contribution in [2.75, 3.05) is 23.5 Å². The summed E-state index contributed by atoms with van der Waals surface area (Å²) >= 11 is 3.40. The van der Waals surface area contributed by atoms with E-state index >= 15 is 0 Å². The van der Waals surface area contributed by atoms with E-state index in [0.717, 1.165) is 17.3 Å². The van der Waals surface area contributed by atoms with Crippen LogP contribution < -0.4 is 21.1 Å². The number of methoxy groups -OCH3 is 1. The Morgan fingerprint density at radius 2 is 2.00 bits per heavy atom. The van der Waals surface area contributed by atoms with Gasteiger partial charge >= 0.3 is 0 Å². The highest BCUT2D eigenvalue weighted by atomic mass is 79.9. The number of anilines is 4. The van der Waals surface area contributed by atoms with E-state index in [1.54, 1.807) is 19.5 Å². The number of nitrogen functional groups attached to an aromatic ring is 1. The molecule has 2 aromatic rings. The second-order valence-electron chi connectivity index (χ2n) is 5.81. The first-order valence-electron chi connectivity index (χ1n) is 8.01. The first-order valence-corrected chi connectivity index (χ1v) is 8.80. The number of pyridine rings is 1. The fourth-order valence-corrected chi connectivity index (χ4v) is 3.14. The number of hydrogen-bond acceptors (Lipinski definition) is 7. The van der Waals surface area contributed by atoms with Crippen molar-refractivity contribution in [3.8, 4) is 5.88 Å². The van der Waals surface area contributed by atoms with Crippen molar-refractivity contribution in [1.29, 1.82) is 0 Å². The van der Waals surface area contributed by atoms with Crippen LogP contribution in [0.4, 0.5) is 23.1 Å². The molecule has 0 aromatic carbocycles. The maximum absolute atomic E-state index is 6.02. The molecule has 1 saturated carbocycles.